The second-order valence-electron chi connectivity index (χ2n) is 12.0. The van der Waals surface area contributed by atoms with E-state index in [0.29, 0.717) is 40.4 Å². The number of hydrogen-bond donors (Lipinski definition) is 1. The largest absolute Gasteiger partial charge is 0.469 e. The lowest BCUT2D eigenvalue weighted by molar-refractivity contribution is -0.140. The number of amides is 1. The Balaban J connectivity index is 0.00000156. The van der Waals surface area contributed by atoms with Crippen molar-refractivity contribution in [2.45, 2.75) is 38.4 Å². The van der Waals surface area contributed by atoms with Crippen molar-refractivity contribution in [2.24, 2.45) is 0 Å². The van der Waals surface area contributed by atoms with Crippen LogP contribution in [-0.2, 0) is 26.9 Å². The third-order valence-corrected chi connectivity index (χ3v) is 9.59. The van der Waals surface area contributed by atoms with Crippen molar-refractivity contribution >= 4 is 63.3 Å². The van der Waals surface area contributed by atoms with Gasteiger partial charge >= 0.3 is 17.5 Å². The quantitative estimate of drug-likeness (QED) is 0.0851. The summed E-state index contributed by atoms with van der Waals surface area (Å²) in [5.74, 6) is 0.618. The number of anilines is 2. The molecule has 0 bridgehead atoms. The standard InChI is InChI=1S/C39H39N3O4S.O2S/c1-27-14-15-29-24-36(42(35(29)22-27)31-12-5-3-6-13-31)38(44)33-25-32(41-19-7-4-8-20-41)16-17-34(33)40-39(45)30-11-9-10-28(23-30)26-47-21-18-37(43)46-2;1-3-2/h3,5-6,9-17,22-25H,4,7-8,18-21,26H2,1-2H3,(H,40,45);. The Kier molecular flexibility index (Phi) is 12.8. The highest BCUT2D eigenvalue weighted by Gasteiger charge is 2.24. The number of nitrogens with zero attached hydrogens (tertiary/aromatic N) is 2. The smallest absolute Gasteiger partial charge is 0.335 e. The topological polar surface area (TPSA) is 115 Å². The van der Waals surface area contributed by atoms with Crippen molar-refractivity contribution in [3.63, 3.8) is 0 Å². The van der Waals surface area contributed by atoms with E-state index in [1.54, 1.807) is 17.8 Å². The summed E-state index contributed by atoms with van der Waals surface area (Å²) in [5, 5.41) is 4.05. The molecular weight excluding hydrogens is 671 g/mol. The molecule has 1 fully saturated rings. The number of hydrogen-bond acceptors (Lipinski definition) is 8. The predicted octanol–water partition coefficient (Wildman–Crippen LogP) is 7.54. The summed E-state index contributed by atoms with van der Waals surface area (Å²) in [5.41, 5.74) is 6.89. The van der Waals surface area contributed by atoms with Crippen molar-refractivity contribution in [2.75, 3.05) is 36.2 Å². The summed E-state index contributed by atoms with van der Waals surface area (Å²) in [6.07, 6.45) is 3.77. The van der Waals surface area contributed by atoms with Gasteiger partial charge in [-0.1, -0.05) is 42.5 Å². The molecular formula is C39H39N3O6S2. The van der Waals surface area contributed by atoms with Crippen LogP contribution in [-0.4, -0.2) is 56.6 Å². The van der Waals surface area contributed by atoms with E-state index in [9.17, 15) is 14.4 Å². The minimum atomic E-state index is -0.750. The Hall–Kier alpha value is -5.00. The molecule has 258 valence electrons. The maximum Gasteiger partial charge on any atom is 0.335 e. The highest BCUT2D eigenvalue weighted by Crippen LogP contribution is 2.32. The van der Waals surface area contributed by atoms with Gasteiger partial charge in [0.25, 0.3) is 5.91 Å². The number of para-hydroxylation sites is 1. The lowest BCUT2D eigenvalue weighted by Crippen LogP contribution is -2.29. The molecule has 2 heterocycles. The lowest BCUT2D eigenvalue weighted by Gasteiger charge is -2.29. The molecule has 4 aromatic carbocycles. The van der Waals surface area contributed by atoms with E-state index in [1.807, 2.05) is 77.4 Å². The van der Waals surface area contributed by atoms with Crippen LogP contribution in [0.5, 0.6) is 0 Å². The SMILES string of the molecule is COC(=O)CCSCc1cccc(C(=O)Nc2ccc(N3CCCCC3)cc2C(=O)c2cc3ccc(C)cc3n2-c2ccccc2)c1.O=S=O. The molecule has 0 spiro atoms. The number of benzene rings is 4. The van der Waals surface area contributed by atoms with Gasteiger partial charge in [0.15, 0.2) is 0 Å². The number of nitrogens with one attached hydrogen (secondary N) is 1. The van der Waals surface area contributed by atoms with Gasteiger partial charge in [0.05, 0.1) is 30.4 Å². The van der Waals surface area contributed by atoms with Crippen molar-refractivity contribution < 1.29 is 27.5 Å². The number of carbonyl (C=O) groups is 3. The zero-order valence-electron chi connectivity index (χ0n) is 28.1. The van der Waals surface area contributed by atoms with E-state index >= 15 is 0 Å². The van der Waals surface area contributed by atoms with Gasteiger partial charge in [0, 0.05) is 52.5 Å². The Labute approximate surface area is 299 Å². The summed E-state index contributed by atoms with van der Waals surface area (Å²) < 4.78 is 23.3. The van der Waals surface area contributed by atoms with Crippen molar-refractivity contribution in [3.8, 4) is 5.69 Å². The van der Waals surface area contributed by atoms with Gasteiger partial charge in [-0.3, -0.25) is 14.4 Å². The number of rotatable bonds is 11. The number of fused-ring (bicyclic) bond motifs is 1. The monoisotopic (exact) mass is 709 g/mol. The number of aryl methyl sites for hydroxylation is 1. The van der Waals surface area contributed by atoms with Crippen LogP contribution in [0.2, 0.25) is 0 Å². The summed E-state index contributed by atoms with van der Waals surface area (Å²) in [6, 6.07) is 31.3. The Morgan fingerprint density at radius 3 is 2.32 bits per heavy atom. The van der Waals surface area contributed by atoms with Crippen LogP contribution in [0, 0.1) is 6.92 Å². The number of aromatic nitrogens is 1. The van der Waals surface area contributed by atoms with Gasteiger partial charge < -0.3 is 19.5 Å². The summed E-state index contributed by atoms with van der Waals surface area (Å²) in [4.78, 5) is 42.2. The van der Waals surface area contributed by atoms with Gasteiger partial charge in [-0.15, -0.1) is 0 Å². The zero-order valence-corrected chi connectivity index (χ0v) is 29.7. The first kappa shape index (κ1) is 36.3. The third-order valence-electron chi connectivity index (χ3n) is 8.56. The molecule has 50 heavy (non-hydrogen) atoms. The Bertz CT molecular complexity index is 2020. The van der Waals surface area contributed by atoms with Crippen LogP contribution < -0.4 is 10.2 Å². The minimum absolute atomic E-state index is 0.160. The average Bonchev–Trinajstić information content (AvgIpc) is 3.53. The zero-order chi connectivity index (χ0) is 35.5. The van der Waals surface area contributed by atoms with E-state index in [0.717, 1.165) is 59.3 Å². The molecule has 0 saturated carbocycles. The van der Waals surface area contributed by atoms with Crippen LogP contribution in [0.15, 0.2) is 97.1 Å². The molecule has 1 saturated heterocycles. The molecule has 1 aliphatic heterocycles. The van der Waals surface area contributed by atoms with E-state index in [4.69, 9.17) is 13.2 Å². The Morgan fingerprint density at radius 2 is 1.58 bits per heavy atom. The number of ketones is 1. The number of carbonyl (C=O) groups excluding carboxylic acids is 3. The fraction of sp³-hybridized carbons (Fsp3) is 0.256. The van der Waals surface area contributed by atoms with Crippen molar-refractivity contribution in [1.29, 1.82) is 0 Å². The molecule has 11 heteroatoms. The molecule has 0 aliphatic carbocycles. The van der Waals surface area contributed by atoms with Crippen LogP contribution >= 0.6 is 11.8 Å². The first-order valence-corrected chi connectivity index (χ1v) is 18.2. The first-order chi connectivity index (χ1) is 24.3. The Morgan fingerprint density at radius 1 is 0.820 bits per heavy atom. The summed E-state index contributed by atoms with van der Waals surface area (Å²) >= 11 is 0.861. The van der Waals surface area contributed by atoms with Gasteiger partial charge in [-0.05, 0) is 91.9 Å². The van der Waals surface area contributed by atoms with Gasteiger partial charge in [0.1, 0.15) is 0 Å². The van der Waals surface area contributed by atoms with Crippen LogP contribution in [0.3, 0.4) is 0 Å². The van der Waals surface area contributed by atoms with E-state index in [2.05, 4.69) is 35.3 Å². The molecule has 9 nitrogen and oxygen atoms in total. The lowest BCUT2D eigenvalue weighted by atomic mass is 10.0. The molecule has 6 rings (SSSR count). The number of ether oxygens (including phenoxy) is 1. The average molecular weight is 710 g/mol. The number of thioether (sulfide) groups is 1. The molecule has 0 radical (unpaired) electrons. The molecule has 0 unspecified atom stereocenters. The third kappa shape index (κ3) is 8.96. The molecule has 5 aromatic rings. The molecule has 1 N–H and O–H groups in total. The second kappa shape index (κ2) is 17.6. The van der Waals surface area contributed by atoms with E-state index in [1.165, 1.54) is 13.5 Å². The fourth-order valence-electron chi connectivity index (χ4n) is 6.09. The normalized spacial score (nSPS) is 12.5. The molecule has 1 aliphatic rings. The van der Waals surface area contributed by atoms with Crippen LogP contribution in [0.4, 0.5) is 11.4 Å². The maximum absolute atomic E-state index is 14.7. The van der Waals surface area contributed by atoms with Gasteiger partial charge in [0.2, 0.25) is 5.78 Å². The summed E-state index contributed by atoms with van der Waals surface area (Å²) in [7, 11) is 1.39. The van der Waals surface area contributed by atoms with Crippen LogP contribution in [0.25, 0.3) is 16.6 Å². The highest BCUT2D eigenvalue weighted by atomic mass is 32.2. The molecule has 1 aromatic heterocycles. The summed E-state index contributed by atoms with van der Waals surface area (Å²) in [6.45, 7) is 3.93. The number of methoxy groups -OCH3 is 1. The number of piperidine rings is 1. The van der Waals surface area contributed by atoms with E-state index < -0.39 is 11.6 Å². The van der Waals surface area contributed by atoms with E-state index in [-0.39, 0.29) is 17.7 Å². The van der Waals surface area contributed by atoms with Gasteiger partial charge in [-0.2, -0.15) is 20.2 Å². The maximum atomic E-state index is 14.7. The second-order valence-corrected chi connectivity index (χ2v) is 13.2. The predicted molar refractivity (Wildman–Crippen MR) is 200 cm³/mol. The molecule has 0 atom stereocenters. The highest BCUT2D eigenvalue weighted by molar-refractivity contribution is 7.98. The van der Waals surface area contributed by atoms with Crippen LogP contribution in [0.1, 0.15) is 63.2 Å². The van der Waals surface area contributed by atoms with Crippen molar-refractivity contribution in [1.82, 2.24) is 4.57 Å². The first-order valence-electron chi connectivity index (χ1n) is 16.4. The fourth-order valence-corrected chi connectivity index (χ4v) is 6.96. The minimum Gasteiger partial charge on any atom is -0.469 e. The van der Waals surface area contributed by atoms with Crippen molar-refractivity contribution in [3.05, 3.63) is 125 Å². The molecule has 1 amide bonds. The van der Waals surface area contributed by atoms with Gasteiger partial charge in [-0.25, -0.2) is 0 Å². The number of esters is 1.